The summed E-state index contributed by atoms with van der Waals surface area (Å²) in [4.78, 5) is 13.0. The molecular weight excluding hydrogens is 310 g/mol. The van der Waals surface area contributed by atoms with Crippen LogP contribution in [0, 0.1) is 6.92 Å². The molecule has 1 aliphatic rings. The Bertz CT molecular complexity index is 656. The van der Waals surface area contributed by atoms with E-state index < -0.39 is 0 Å². The Labute approximate surface area is 142 Å². The van der Waals surface area contributed by atoms with Crippen LogP contribution in [0.4, 0.5) is 11.8 Å². The highest BCUT2D eigenvalue weighted by molar-refractivity contribution is 6.29. The number of aromatic nitrogens is 2. The lowest BCUT2D eigenvalue weighted by molar-refractivity contribution is 0.285. The zero-order valence-corrected chi connectivity index (χ0v) is 14.1. The first kappa shape index (κ1) is 16.0. The molecule has 0 spiro atoms. The molecule has 1 aliphatic heterocycles. The van der Waals surface area contributed by atoms with Crippen molar-refractivity contribution in [3.63, 3.8) is 0 Å². The summed E-state index contributed by atoms with van der Waals surface area (Å²) in [6.45, 7) is 7.11. The van der Waals surface area contributed by atoms with E-state index in [1.54, 1.807) is 6.07 Å². The third-order valence-corrected chi connectivity index (χ3v) is 4.46. The molecule has 2 heterocycles. The lowest BCUT2D eigenvalue weighted by atomic mass is 10.1. The van der Waals surface area contributed by atoms with Crippen LogP contribution in [-0.2, 0) is 6.54 Å². The summed E-state index contributed by atoms with van der Waals surface area (Å²) in [5, 5.41) is 0.397. The van der Waals surface area contributed by atoms with E-state index in [1.165, 1.54) is 11.1 Å². The summed E-state index contributed by atoms with van der Waals surface area (Å²) in [5.74, 6) is 1.05. The second-order valence-electron chi connectivity index (χ2n) is 5.95. The highest BCUT2D eigenvalue weighted by Gasteiger charge is 2.17. The predicted octanol–water partition coefficient (Wildman–Crippen LogP) is 2.73. The number of nitrogens with zero attached hydrogens (tertiary/aromatic N) is 4. The fourth-order valence-corrected chi connectivity index (χ4v) is 3.16. The first-order chi connectivity index (χ1) is 11.1. The van der Waals surface area contributed by atoms with E-state index in [0.29, 0.717) is 5.15 Å². The van der Waals surface area contributed by atoms with Crippen LogP contribution in [0.15, 0.2) is 30.3 Å². The van der Waals surface area contributed by atoms with Gasteiger partial charge in [0.15, 0.2) is 0 Å². The normalized spacial score (nSPS) is 16.3. The molecule has 1 fully saturated rings. The van der Waals surface area contributed by atoms with Gasteiger partial charge in [-0.15, -0.1) is 0 Å². The van der Waals surface area contributed by atoms with Crippen molar-refractivity contribution in [2.24, 2.45) is 0 Å². The van der Waals surface area contributed by atoms with E-state index in [9.17, 15) is 0 Å². The molecule has 5 nitrogen and oxygen atoms in total. The Hall–Kier alpha value is -1.85. The molecule has 0 saturated carbocycles. The monoisotopic (exact) mass is 331 g/mol. The molecule has 2 N–H and O–H groups in total. The average molecular weight is 332 g/mol. The molecule has 1 aromatic carbocycles. The van der Waals surface area contributed by atoms with Crippen LogP contribution in [0.1, 0.15) is 17.5 Å². The van der Waals surface area contributed by atoms with Gasteiger partial charge in [0.2, 0.25) is 5.95 Å². The van der Waals surface area contributed by atoms with E-state index in [1.807, 2.05) is 0 Å². The number of hydrogen-bond acceptors (Lipinski definition) is 5. The molecule has 6 heteroatoms. The van der Waals surface area contributed by atoms with E-state index in [0.717, 1.165) is 45.0 Å². The lowest BCUT2D eigenvalue weighted by Crippen LogP contribution is -2.31. The largest absolute Gasteiger partial charge is 0.368 e. The number of aryl methyl sites for hydroxylation is 1. The van der Waals surface area contributed by atoms with Gasteiger partial charge in [-0.05, 0) is 24.5 Å². The topological polar surface area (TPSA) is 58.3 Å². The first-order valence-electron chi connectivity index (χ1n) is 7.94. The molecular formula is C17H22ClN5. The molecule has 0 amide bonds. The maximum Gasteiger partial charge on any atom is 0.223 e. The van der Waals surface area contributed by atoms with Crippen molar-refractivity contribution < 1.29 is 0 Å². The molecule has 0 atom stereocenters. The van der Waals surface area contributed by atoms with Gasteiger partial charge in [-0.3, -0.25) is 4.90 Å². The van der Waals surface area contributed by atoms with E-state index in [4.69, 9.17) is 17.3 Å². The maximum absolute atomic E-state index is 6.00. The first-order valence-corrected chi connectivity index (χ1v) is 8.31. The van der Waals surface area contributed by atoms with Crippen molar-refractivity contribution in [3.05, 3.63) is 46.6 Å². The Morgan fingerprint density at radius 3 is 2.74 bits per heavy atom. The quantitative estimate of drug-likeness (QED) is 0.876. The second kappa shape index (κ2) is 7.15. The summed E-state index contributed by atoms with van der Waals surface area (Å²) in [5.41, 5.74) is 8.46. The fraction of sp³-hybridized carbons (Fsp3) is 0.412. The van der Waals surface area contributed by atoms with Crippen LogP contribution in [0.25, 0.3) is 0 Å². The van der Waals surface area contributed by atoms with Crippen LogP contribution in [-0.4, -0.2) is 41.0 Å². The van der Waals surface area contributed by atoms with Gasteiger partial charge in [0, 0.05) is 38.8 Å². The van der Waals surface area contributed by atoms with Crippen molar-refractivity contribution in [1.29, 1.82) is 0 Å². The molecule has 3 rings (SSSR count). The number of rotatable bonds is 3. The highest BCUT2D eigenvalue weighted by Crippen LogP contribution is 2.19. The van der Waals surface area contributed by atoms with Gasteiger partial charge >= 0.3 is 0 Å². The van der Waals surface area contributed by atoms with E-state index >= 15 is 0 Å². The maximum atomic E-state index is 6.00. The molecule has 0 radical (unpaired) electrons. The molecule has 122 valence electrons. The van der Waals surface area contributed by atoms with Gasteiger partial charge in [0.1, 0.15) is 11.0 Å². The number of nitrogen functional groups attached to an aromatic ring is 1. The summed E-state index contributed by atoms with van der Waals surface area (Å²) >= 11 is 6.00. The Balaban J connectivity index is 1.66. The molecule has 0 unspecified atom stereocenters. The zero-order chi connectivity index (χ0) is 16.2. The van der Waals surface area contributed by atoms with Crippen LogP contribution >= 0.6 is 11.6 Å². The molecule has 23 heavy (non-hydrogen) atoms. The Morgan fingerprint density at radius 1 is 1.13 bits per heavy atom. The molecule has 2 aromatic rings. The van der Waals surface area contributed by atoms with Crippen molar-refractivity contribution in [2.75, 3.05) is 36.8 Å². The third-order valence-electron chi connectivity index (χ3n) is 4.27. The molecule has 0 bridgehead atoms. The smallest absolute Gasteiger partial charge is 0.223 e. The van der Waals surface area contributed by atoms with Gasteiger partial charge in [-0.25, -0.2) is 4.98 Å². The van der Waals surface area contributed by atoms with Gasteiger partial charge in [0.05, 0.1) is 0 Å². The summed E-state index contributed by atoms with van der Waals surface area (Å²) in [7, 11) is 0. The minimum atomic E-state index is 0.230. The Morgan fingerprint density at radius 2 is 1.96 bits per heavy atom. The van der Waals surface area contributed by atoms with Crippen molar-refractivity contribution in [2.45, 2.75) is 19.9 Å². The number of hydrogen-bond donors (Lipinski definition) is 1. The number of nitrogens with two attached hydrogens (primary N) is 1. The fourth-order valence-electron chi connectivity index (χ4n) is 2.97. The minimum Gasteiger partial charge on any atom is -0.368 e. The summed E-state index contributed by atoms with van der Waals surface area (Å²) < 4.78 is 0. The molecule has 1 saturated heterocycles. The van der Waals surface area contributed by atoms with Crippen LogP contribution in [0.2, 0.25) is 5.15 Å². The highest BCUT2D eigenvalue weighted by atomic mass is 35.5. The van der Waals surface area contributed by atoms with Gasteiger partial charge < -0.3 is 10.6 Å². The van der Waals surface area contributed by atoms with Crippen LogP contribution in [0.5, 0.6) is 0 Å². The molecule has 0 aliphatic carbocycles. The standard InChI is InChI=1S/C17H22ClN5/c1-13-5-2-3-6-14(13)12-22-7-4-8-23(10-9-22)16-11-15(18)20-17(19)21-16/h2-3,5-6,11H,4,7-10,12H2,1H3,(H2,19,20,21). The van der Waals surface area contributed by atoms with Gasteiger partial charge in [0.25, 0.3) is 0 Å². The second-order valence-corrected chi connectivity index (χ2v) is 6.34. The van der Waals surface area contributed by atoms with E-state index in [-0.39, 0.29) is 5.95 Å². The molecule has 1 aromatic heterocycles. The zero-order valence-electron chi connectivity index (χ0n) is 13.4. The average Bonchev–Trinajstić information content (AvgIpc) is 2.74. The Kier molecular flexibility index (Phi) is 4.98. The van der Waals surface area contributed by atoms with Crippen molar-refractivity contribution in [3.8, 4) is 0 Å². The predicted molar refractivity (Wildman–Crippen MR) is 94.7 cm³/mol. The third kappa shape index (κ3) is 4.12. The van der Waals surface area contributed by atoms with Gasteiger partial charge in [-0.1, -0.05) is 35.9 Å². The van der Waals surface area contributed by atoms with Crippen molar-refractivity contribution in [1.82, 2.24) is 14.9 Å². The van der Waals surface area contributed by atoms with Crippen LogP contribution in [0.3, 0.4) is 0 Å². The van der Waals surface area contributed by atoms with Crippen LogP contribution < -0.4 is 10.6 Å². The SMILES string of the molecule is Cc1ccccc1CN1CCCN(c2cc(Cl)nc(N)n2)CC1. The lowest BCUT2D eigenvalue weighted by Gasteiger charge is -2.23. The summed E-state index contributed by atoms with van der Waals surface area (Å²) in [6, 6.07) is 10.4. The number of halogens is 1. The van der Waals surface area contributed by atoms with Crippen molar-refractivity contribution >= 4 is 23.4 Å². The van der Waals surface area contributed by atoms with Gasteiger partial charge in [-0.2, -0.15) is 4.98 Å². The summed E-state index contributed by atoms with van der Waals surface area (Å²) in [6.07, 6.45) is 1.09. The van der Waals surface area contributed by atoms with E-state index in [2.05, 4.69) is 51.0 Å². The minimum absolute atomic E-state index is 0.230. The number of benzene rings is 1. The number of anilines is 2.